The van der Waals surface area contributed by atoms with Crippen molar-refractivity contribution >= 4 is 29.0 Å². The number of aryl methyl sites for hydroxylation is 1. The van der Waals surface area contributed by atoms with Crippen molar-refractivity contribution in [3.8, 4) is 0 Å². The molecule has 0 fully saturated rings. The SMILES string of the molecule is CNC(=O)CNc1nc(C)nc(Cl)c1N. The molecule has 82 valence electrons. The summed E-state index contributed by atoms with van der Waals surface area (Å²) in [5, 5.41) is 5.42. The molecule has 0 saturated carbocycles. The number of aromatic nitrogens is 2. The Labute approximate surface area is 92.2 Å². The van der Waals surface area contributed by atoms with E-state index in [9.17, 15) is 4.79 Å². The van der Waals surface area contributed by atoms with Crippen LogP contribution in [0.5, 0.6) is 0 Å². The van der Waals surface area contributed by atoms with Crippen LogP contribution < -0.4 is 16.4 Å². The first kappa shape index (κ1) is 11.5. The molecule has 0 saturated heterocycles. The lowest BCUT2D eigenvalue weighted by molar-refractivity contribution is -0.118. The van der Waals surface area contributed by atoms with Gasteiger partial charge in [0.15, 0.2) is 11.0 Å². The summed E-state index contributed by atoms with van der Waals surface area (Å²) in [5.41, 5.74) is 5.87. The Bertz CT molecular complexity index is 382. The van der Waals surface area contributed by atoms with Crippen LogP contribution in [-0.2, 0) is 4.79 Å². The van der Waals surface area contributed by atoms with Gasteiger partial charge in [0.05, 0.1) is 6.54 Å². The molecule has 0 atom stereocenters. The van der Waals surface area contributed by atoms with Gasteiger partial charge in [-0.25, -0.2) is 9.97 Å². The second-order valence-electron chi connectivity index (χ2n) is 2.85. The van der Waals surface area contributed by atoms with E-state index in [-0.39, 0.29) is 23.3 Å². The van der Waals surface area contributed by atoms with Crippen LogP contribution in [0.15, 0.2) is 0 Å². The van der Waals surface area contributed by atoms with Gasteiger partial charge < -0.3 is 16.4 Å². The first-order valence-electron chi connectivity index (χ1n) is 4.28. The smallest absolute Gasteiger partial charge is 0.239 e. The van der Waals surface area contributed by atoms with Gasteiger partial charge in [-0.15, -0.1) is 0 Å². The number of nitrogen functional groups attached to an aromatic ring is 1. The fourth-order valence-electron chi connectivity index (χ4n) is 0.934. The lowest BCUT2D eigenvalue weighted by Gasteiger charge is -2.08. The highest BCUT2D eigenvalue weighted by Gasteiger charge is 2.08. The summed E-state index contributed by atoms with van der Waals surface area (Å²) < 4.78 is 0. The van der Waals surface area contributed by atoms with Crippen molar-refractivity contribution in [2.75, 3.05) is 24.6 Å². The van der Waals surface area contributed by atoms with Gasteiger partial charge in [-0.2, -0.15) is 0 Å². The molecule has 4 N–H and O–H groups in total. The second-order valence-corrected chi connectivity index (χ2v) is 3.21. The van der Waals surface area contributed by atoms with Gasteiger partial charge in [0.1, 0.15) is 11.5 Å². The van der Waals surface area contributed by atoms with Gasteiger partial charge in [-0.3, -0.25) is 4.79 Å². The number of carbonyl (C=O) groups excluding carboxylic acids is 1. The second kappa shape index (κ2) is 4.79. The minimum absolute atomic E-state index is 0.0908. The fourth-order valence-corrected chi connectivity index (χ4v) is 1.15. The fraction of sp³-hybridized carbons (Fsp3) is 0.375. The van der Waals surface area contributed by atoms with E-state index in [0.29, 0.717) is 11.6 Å². The Hall–Kier alpha value is -1.56. The first-order chi connectivity index (χ1) is 7.04. The maximum atomic E-state index is 11.0. The van der Waals surface area contributed by atoms with Crippen LogP contribution in [-0.4, -0.2) is 29.5 Å². The Balaban J connectivity index is 2.81. The summed E-state index contributed by atoms with van der Waals surface area (Å²) in [6.45, 7) is 1.78. The van der Waals surface area contributed by atoms with Crippen LogP contribution in [0.2, 0.25) is 5.15 Å². The molecule has 0 spiro atoms. The molecular formula is C8H12ClN5O. The summed E-state index contributed by atoms with van der Waals surface area (Å²) in [7, 11) is 1.55. The number of amides is 1. The highest BCUT2D eigenvalue weighted by Crippen LogP contribution is 2.22. The third kappa shape index (κ3) is 2.95. The van der Waals surface area contributed by atoms with Gasteiger partial charge in [-0.1, -0.05) is 11.6 Å². The van der Waals surface area contributed by atoms with Gasteiger partial charge >= 0.3 is 0 Å². The average Bonchev–Trinajstić information content (AvgIpc) is 2.20. The number of halogens is 1. The Morgan fingerprint density at radius 1 is 1.53 bits per heavy atom. The number of hydrogen-bond acceptors (Lipinski definition) is 5. The molecule has 1 aromatic heterocycles. The number of nitrogens with two attached hydrogens (primary N) is 1. The highest BCUT2D eigenvalue weighted by molar-refractivity contribution is 6.32. The molecule has 0 radical (unpaired) electrons. The van der Waals surface area contributed by atoms with Gasteiger partial charge in [0.25, 0.3) is 0 Å². The molecule has 0 aliphatic rings. The van der Waals surface area contributed by atoms with E-state index < -0.39 is 0 Å². The van der Waals surface area contributed by atoms with E-state index in [2.05, 4.69) is 20.6 Å². The highest BCUT2D eigenvalue weighted by atomic mass is 35.5. The van der Waals surface area contributed by atoms with E-state index >= 15 is 0 Å². The maximum Gasteiger partial charge on any atom is 0.239 e. The van der Waals surface area contributed by atoms with Gasteiger partial charge in [0, 0.05) is 7.05 Å². The summed E-state index contributed by atoms with van der Waals surface area (Å²) in [5.74, 6) is 0.700. The molecule has 1 heterocycles. The Kier molecular flexibility index (Phi) is 3.68. The summed E-state index contributed by atoms with van der Waals surface area (Å²) >= 11 is 5.75. The topological polar surface area (TPSA) is 92.9 Å². The largest absolute Gasteiger partial charge is 0.393 e. The minimum atomic E-state index is -0.165. The molecule has 0 bridgehead atoms. The van der Waals surface area contributed by atoms with Gasteiger partial charge in [0.2, 0.25) is 5.91 Å². The molecule has 0 aliphatic heterocycles. The third-order valence-corrected chi connectivity index (χ3v) is 1.99. The zero-order chi connectivity index (χ0) is 11.4. The van der Waals surface area contributed by atoms with Crippen LogP contribution in [0.1, 0.15) is 5.82 Å². The van der Waals surface area contributed by atoms with Crippen LogP contribution in [0.25, 0.3) is 0 Å². The van der Waals surface area contributed by atoms with Crippen LogP contribution in [0.4, 0.5) is 11.5 Å². The Morgan fingerprint density at radius 2 is 2.20 bits per heavy atom. The summed E-state index contributed by atoms with van der Waals surface area (Å²) in [4.78, 5) is 18.9. The number of hydrogen-bond donors (Lipinski definition) is 3. The Morgan fingerprint density at radius 3 is 2.80 bits per heavy atom. The van der Waals surface area contributed by atoms with E-state index in [1.165, 1.54) is 0 Å². The molecule has 7 heteroatoms. The number of nitrogens with one attached hydrogen (secondary N) is 2. The number of carbonyl (C=O) groups is 1. The molecule has 15 heavy (non-hydrogen) atoms. The lowest BCUT2D eigenvalue weighted by atomic mass is 10.4. The number of rotatable bonds is 3. The third-order valence-electron chi connectivity index (χ3n) is 1.71. The van der Waals surface area contributed by atoms with Crippen molar-refractivity contribution in [2.45, 2.75) is 6.92 Å². The van der Waals surface area contributed by atoms with E-state index in [1.54, 1.807) is 14.0 Å². The van der Waals surface area contributed by atoms with Crippen LogP contribution in [0.3, 0.4) is 0 Å². The average molecular weight is 230 g/mol. The first-order valence-corrected chi connectivity index (χ1v) is 4.66. The molecular weight excluding hydrogens is 218 g/mol. The zero-order valence-corrected chi connectivity index (χ0v) is 9.22. The quantitative estimate of drug-likeness (QED) is 0.643. The molecule has 1 rings (SSSR count). The van der Waals surface area contributed by atoms with E-state index in [4.69, 9.17) is 17.3 Å². The molecule has 1 amide bonds. The minimum Gasteiger partial charge on any atom is -0.393 e. The molecule has 0 aromatic carbocycles. The van der Waals surface area contributed by atoms with Crippen molar-refractivity contribution in [1.82, 2.24) is 15.3 Å². The van der Waals surface area contributed by atoms with Crippen molar-refractivity contribution in [3.05, 3.63) is 11.0 Å². The van der Waals surface area contributed by atoms with Crippen LogP contribution in [0, 0.1) is 6.92 Å². The normalized spacial score (nSPS) is 9.80. The predicted octanol–water partition coefficient (Wildman–Crippen LogP) is 0.179. The van der Waals surface area contributed by atoms with Crippen molar-refractivity contribution in [2.24, 2.45) is 0 Å². The van der Waals surface area contributed by atoms with Gasteiger partial charge in [-0.05, 0) is 6.92 Å². The molecule has 0 unspecified atom stereocenters. The molecule has 6 nitrogen and oxygen atoms in total. The number of likely N-dealkylation sites (N-methyl/N-ethyl adjacent to an activating group) is 1. The summed E-state index contributed by atoms with van der Waals surface area (Å²) in [6, 6.07) is 0. The van der Waals surface area contributed by atoms with Crippen molar-refractivity contribution in [3.63, 3.8) is 0 Å². The number of anilines is 2. The molecule has 1 aromatic rings. The summed E-state index contributed by atoms with van der Waals surface area (Å²) in [6.07, 6.45) is 0. The number of nitrogens with zero attached hydrogens (tertiary/aromatic N) is 2. The van der Waals surface area contributed by atoms with Crippen LogP contribution >= 0.6 is 11.6 Å². The van der Waals surface area contributed by atoms with E-state index in [1.807, 2.05) is 0 Å². The predicted molar refractivity (Wildman–Crippen MR) is 58.7 cm³/mol. The monoisotopic (exact) mass is 229 g/mol. The van der Waals surface area contributed by atoms with E-state index in [0.717, 1.165) is 0 Å². The zero-order valence-electron chi connectivity index (χ0n) is 8.47. The van der Waals surface area contributed by atoms with Crippen molar-refractivity contribution in [1.29, 1.82) is 0 Å². The standard InChI is InChI=1S/C8H12ClN5O/c1-4-13-7(9)6(10)8(14-4)12-3-5(15)11-2/h3,10H2,1-2H3,(H,11,15)(H,12,13,14). The maximum absolute atomic E-state index is 11.0. The lowest BCUT2D eigenvalue weighted by Crippen LogP contribution is -2.26. The van der Waals surface area contributed by atoms with Crippen molar-refractivity contribution < 1.29 is 4.79 Å². The molecule has 0 aliphatic carbocycles.